The maximum atomic E-state index is 12.3. The van der Waals surface area contributed by atoms with Crippen LogP contribution in [0.4, 0.5) is 0 Å². The van der Waals surface area contributed by atoms with Crippen LogP contribution in [0.2, 0.25) is 0 Å². The molecule has 0 radical (unpaired) electrons. The molecule has 0 saturated heterocycles. The molecule has 7 heteroatoms. The van der Waals surface area contributed by atoms with Gasteiger partial charge in [0.15, 0.2) is 0 Å². The number of H-pyrrole nitrogens is 1. The fourth-order valence-corrected chi connectivity index (χ4v) is 2.62. The third-order valence-electron chi connectivity index (χ3n) is 3.79. The number of esters is 1. The number of hydrogen-bond donors (Lipinski definition) is 3. The van der Waals surface area contributed by atoms with Crippen LogP contribution in [0.1, 0.15) is 29.2 Å². The first-order valence-electron chi connectivity index (χ1n) is 7.66. The maximum absolute atomic E-state index is 12.3. The van der Waals surface area contributed by atoms with E-state index >= 15 is 0 Å². The number of aliphatic hydroxyl groups is 1. The molecule has 1 aromatic carbocycles. The number of aliphatic hydroxyl groups excluding tert-OH is 1. The minimum atomic E-state index is -0.853. The molecule has 0 saturated carbocycles. The highest BCUT2D eigenvalue weighted by atomic mass is 16.5. The highest BCUT2D eigenvalue weighted by Gasteiger charge is 2.17. The van der Waals surface area contributed by atoms with Crippen molar-refractivity contribution in [1.29, 1.82) is 0 Å². The Labute approximate surface area is 143 Å². The number of fused-ring (bicyclic) bond motifs is 3. The summed E-state index contributed by atoms with van der Waals surface area (Å²) in [5.41, 5.74) is 2.11. The summed E-state index contributed by atoms with van der Waals surface area (Å²) in [6, 6.07) is 9.30. The van der Waals surface area contributed by atoms with Crippen LogP contribution in [0.3, 0.4) is 0 Å². The average Bonchev–Trinajstić information content (AvgIpc) is 2.99. The minimum Gasteiger partial charge on any atom is -0.466 e. The second-order valence-electron chi connectivity index (χ2n) is 5.49. The van der Waals surface area contributed by atoms with Gasteiger partial charge in [-0.15, -0.1) is 0 Å². The van der Waals surface area contributed by atoms with E-state index in [0.29, 0.717) is 11.2 Å². The molecule has 0 fully saturated rings. The molecule has 7 nitrogen and oxygen atoms in total. The lowest BCUT2D eigenvalue weighted by Crippen LogP contribution is -2.20. The van der Waals surface area contributed by atoms with Crippen molar-refractivity contribution in [2.24, 2.45) is 0 Å². The van der Waals surface area contributed by atoms with Crippen molar-refractivity contribution < 1.29 is 19.4 Å². The zero-order chi connectivity index (χ0) is 18.0. The van der Waals surface area contributed by atoms with Gasteiger partial charge in [0.25, 0.3) is 5.91 Å². The molecule has 3 rings (SSSR count). The molecule has 3 aromatic rings. The number of amides is 1. The van der Waals surface area contributed by atoms with Gasteiger partial charge in [-0.3, -0.25) is 4.79 Å². The first kappa shape index (κ1) is 16.7. The van der Waals surface area contributed by atoms with Gasteiger partial charge < -0.3 is 20.1 Å². The van der Waals surface area contributed by atoms with E-state index in [0.717, 1.165) is 22.4 Å². The molecule has 0 aliphatic carbocycles. The fraction of sp³-hybridized carbons (Fsp3) is 0.167. The predicted molar refractivity (Wildman–Crippen MR) is 92.9 cm³/mol. The summed E-state index contributed by atoms with van der Waals surface area (Å²) in [5, 5.41) is 14.2. The van der Waals surface area contributed by atoms with Crippen molar-refractivity contribution in [1.82, 2.24) is 15.3 Å². The molecule has 128 valence electrons. The van der Waals surface area contributed by atoms with Gasteiger partial charge in [0.1, 0.15) is 5.69 Å². The third kappa shape index (κ3) is 3.22. The zero-order valence-electron chi connectivity index (χ0n) is 13.7. The van der Waals surface area contributed by atoms with Gasteiger partial charge >= 0.3 is 5.97 Å². The standard InChI is InChI=1S/C18H17N3O4/c1-10(22)16-17-12(11-5-3-4-6-13(11)20-17)9-14(21-16)18(24)19-8-7-15(23)25-2/h3-10,20,22H,1-2H3,(H,19,24)/b8-7+/t10-/m0/s1. The highest BCUT2D eigenvalue weighted by Crippen LogP contribution is 2.30. The smallest absolute Gasteiger partial charge is 0.331 e. The topological polar surface area (TPSA) is 104 Å². The van der Waals surface area contributed by atoms with E-state index in [1.807, 2.05) is 24.3 Å². The first-order chi connectivity index (χ1) is 12.0. The molecule has 0 aliphatic heterocycles. The van der Waals surface area contributed by atoms with Crippen LogP contribution >= 0.6 is 0 Å². The van der Waals surface area contributed by atoms with E-state index in [2.05, 4.69) is 20.0 Å². The number of nitrogens with zero attached hydrogens (tertiary/aromatic N) is 1. The van der Waals surface area contributed by atoms with Crippen LogP contribution in [0, 0.1) is 0 Å². The number of methoxy groups -OCH3 is 1. The second-order valence-corrected chi connectivity index (χ2v) is 5.49. The maximum Gasteiger partial charge on any atom is 0.331 e. The number of benzene rings is 1. The lowest BCUT2D eigenvalue weighted by molar-refractivity contribution is -0.134. The van der Waals surface area contributed by atoms with E-state index in [4.69, 9.17) is 0 Å². The SMILES string of the molecule is COC(=O)/C=C/NC(=O)c1cc2c([nH]c3ccccc32)c([C@H](C)O)n1. The molecule has 0 bridgehead atoms. The molecule has 1 atom stereocenters. The van der Waals surface area contributed by atoms with Crippen LogP contribution in [0.25, 0.3) is 21.8 Å². The van der Waals surface area contributed by atoms with Crippen LogP contribution in [0.5, 0.6) is 0 Å². The van der Waals surface area contributed by atoms with Gasteiger partial charge in [-0.1, -0.05) is 18.2 Å². The Morgan fingerprint density at radius 3 is 2.80 bits per heavy atom. The summed E-state index contributed by atoms with van der Waals surface area (Å²) in [6.07, 6.45) is 1.43. The molecule has 1 amide bonds. The molecule has 0 aliphatic rings. The highest BCUT2D eigenvalue weighted by molar-refractivity contribution is 6.10. The number of para-hydroxylation sites is 1. The van der Waals surface area contributed by atoms with E-state index in [1.54, 1.807) is 13.0 Å². The summed E-state index contributed by atoms with van der Waals surface area (Å²) >= 11 is 0. The number of nitrogens with one attached hydrogen (secondary N) is 2. The number of carbonyl (C=O) groups excluding carboxylic acids is 2. The zero-order valence-corrected chi connectivity index (χ0v) is 13.7. The Morgan fingerprint density at radius 2 is 2.08 bits per heavy atom. The summed E-state index contributed by atoms with van der Waals surface area (Å²) < 4.78 is 4.45. The molecule has 3 N–H and O–H groups in total. The first-order valence-corrected chi connectivity index (χ1v) is 7.66. The number of rotatable bonds is 4. The molecular weight excluding hydrogens is 322 g/mol. The van der Waals surface area contributed by atoms with Gasteiger partial charge in [0, 0.05) is 28.6 Å². The van der Waals surface area contributed by atoms with E-state index in [1.165, 1.54) is 13.3 Å². The Morgan fingerprint density at radius 1 is 1.32 bits per heavy atom. The Hall–Kier alpha value is -3.19. The number of pyridine rings is 1. The Balaban J connectivity index is 2.06. The molecule has 25 heavy (non-hydrogen) atoms. The molecule has 2 aromatic heterocycles. The van der Waals surface area contributed by atoms with Gasteiger partial charge in [-0.05, 0) is 19.1 Å². The normalized spacial score (nSPS) is 12.6. The van der Waals surface area contributed by atoms with E-state index in [9.17, 15) is 14.7 Å². The van der Waals surface area contributed by atoms with Crippen molar-refractivity contribution in [3.05, 3.63) is 54.0 Å². The van der Waals surface area contributed by atoms with Gasteiger partial charge in [-0.25, -0.2) is 9.78 Å². The number of aromatic nitrogens is 2. The van der Waals surface area contributed by atoms with Crippen LogP contribution in [-0.2, 0) is 9.53 Å². The van der Waals surface area contributed by atoms with Crippen LogP contribution in [-0.4, -0.2) is 34.1 Å². The number of hydrogen-bond acceptors (Lipinski definition) is 5. The summed E-state index contributed by atoms with van der Waals surface area (Å²) in [4.78, 5) is 30.9. The molecule has 0 spiro atoms. The fourth-order valence-electron chi connectivity index (χ4n) is 2.62. The van der Waals surface area contributed by atoms with Gasteiger partial charge in [-0.2, -0.15) is 0 Å². The van der Waals surface area contributed by atoms with Crippen LogP contribution < -0.4 is 5.32 Å². The van der Waals surface area contributed by atoms with Crippen molar-refractivity contribution >= 4 is 33.7 Å². The summed E-state index contributed by atoms with van der Waals surface area (Å²) in [6.45, 7) is 1.59. The van der Waals surface area contributed by atoms with Crippen molar-refractivity contribution in [2.75, 3.05) is 7.11 Å². The van der Waals surface area contributed by atoms with Crippen molar-refractivity contribution in [2.45, 2.75) is 13.0 Å². The van der Waals surface area contributed by atoms with Crippen molar-refractivity contribution in [3.63, 3.8) is 0 Å². The molecule has 2 heterocycles. The van der Waals surface area contributed by atoms with Crippen molar-refractivity contribution in [3.8, 4) is 0 Å². The molecular formula is C18H17N3O4. The number of ether oxygens (including phenoxy) is 1. The van der Waals surface area contributed by atoms with Gasteiger partial charge in [0.2, 0.25) is 0 Å². The average molecular weight is 339 g/mol. The molecule has 0 unspecified atom stereocenters. The third-order valence-corrected chi connectivity index (χ3v) is 3.79. The minimum absolute atomic E-state index is 0.141. The summed E-state index contributed by atoms with van der Waals surface area (Å²) in [5.74, 6) is -1.07. The lowest BCUT2D eigenvalue weighted by Gasteiger charge is -2.08. The Kier molecular flexibility index (Phi) is 4.49. The largest absolute Gasteiger partial charge is 0.466 e. The number of aromatic amines is 1. The lowest BCUT2D eigenvalue weighted by atomic mass is 10.1. The number of carbonyl (C=O) groups is 2. The van der Waals surface area contributed by atoms with Gasteiger partial charge in [0.05, 0.1) is 24.4 Å². The monoisotopic (exact) mass is 339 g/mol. The Bertz CT molecular complexity index is 989. The van der Waals surface area contributed by atoms with E-state index in [-0.39, 0.29) is 5.69 Å². The quantitative estimate of drug-likeness (QED) is 0.499. The predicted octanol–water partition coefficient (Wildman–Crippen LogP) is 2.19. The second kappa shape index (κ2) is 6.74. The summed E-state index contributed by atoms with van der Waals surface area (Å²) in [7, 11) is 1.25. The van der Waals surface area contributed by atoms with E-state index < -0.39 is 18.0 Å². The van der Waals surface area contributed by atoms with Crippen LogP contribution in [0.15, 0.2) is 42.6 Å².